The van der Waals surface area contributed by atoms with Crippen molar-refractivity contribution in [1.29, 1.82) is 0 Å². The first kappa shape index (κ1) is 20.8. The summed E-state index contributed by atoms with van der Waals surface area (Å²) < 4.78 is 31.1. The number of carbonyl (C=O) groups excluding carboxylic acids is 1. The van der Waals surface area contributed by atoms with Crippen molar-refractivity contribution < 1.29 is 17.9 Å². The fraction of sp³-hybridized carbons (Fsp3) is 0.350. The Balaban J connectivity index is 2.31. The topological polar surface area (TPSA) is 66.9 Å². The number of anilines is 1. The van der Waals surface area contributed by atoms with Gasteiger partial charge in [-0.1, -0.05) is 42.5 Å². The van der Waals surface area contributed by atoms with Crippen LogP contribution in [0.5, 0.6) is 5.75 Å². The molecule has 0 spiro atoms. The molecule has 146 valence electrons. The molecule has 0 unspecified atom stereocenters. The van der Waals surface area contributed by atoms with Crippen LogP contribution in [0.25, 0.3) is 0 Å². The van der Waals surface area contributed by atoms with E-state index >= 15 is 0 Å². The second-order valence-corrected chi connectivity index (χ2v) is 8.45. The quantitative estimate of drug-likeness (QED) is 0.695. The smallest absolute Gasteiger partial charge is 0.243 e. The molecule has 0 saturated heterocycles. The van der Waals surface area contributed by atoms with Crippen LogP contribution in [0.1, 0.15) is 19.4 Å². The zero-order chi connectivity index (χ0) is 20.0. The van der Waals surface area contributed by atoms with E-state index in [1.165, 1.54) is 7.11 Å². The fourth-order valence-corrected chi connectivity index (χ4v) is 3.62. The molecular formula is C20H26N2O4S. The van der Waals surface area contributed by atoms with Gasteiger partial charge in [-0.2, -0.15) is 0 Å². The van der Waals surface area contributed by atoms with Crippen LogP contribution in [-0.2, 0) is 21.4 Å². The molecule has 0 aromatic heterocycles. The third-order valence-electron chi connectivity index (χ3n) is 4.17. The highest BCUT2D eigenvalue weighted by Crippen LogP contribution is 2.29. The van der Waals surface area contributed by atoms with Crippen molar-refractivity contribution in [3.63, 3.8) is 0 Å². The van der Waals surface area contributed by atoms with Crippen LogP contribution in [0.3, 0.4) is 0 Å². The number of rotatable bonds is 8. The van der Waals surface area contributed by atoms with Crippen LogP contribution in [0.2, 0.25) is 0 Å². The standard InChI is InChI=1S/C20H26N2O4S/c1-16(2)21(14-17-10-6-5-7-11-17)20(23)15-22(27(4,24)25)18-12-8-9-13-19(18)26-3/h5-13,16H,14-15H2,1-4H3. The van der Waals surface area contributed by atoms with Gasteiger partial charge in [-0.05, 0) is 31.5 Å². The fourth-order valence-electron chi connectivity index (χ4n) is 2.77. The van der Waals surface area contributed by atoms with Crippen molar-refractivity contribution in [1.82, 2.24) is 4.90 Å². The van der Waals surface area contributed by atoms with Gasteiger partial charge in [-0.3, -0.25) is 9.10 Å². The average Bonchev–Trinajstić information content (AvgIpc) is 2.63. The number of para-hydroxylation sites is 2. The second kappa shape index (κ2) is 8.90. The third kappa shape index (κ3) is 5.47. The Labute approximate surface area is 161 Å². The first-order valence-corrected chi connectivity index (χ1v) is 10.5. The normalized spacial score (nSPS) is 11.3. The van der Waals surface area contributed by atoms with E-state index in [4.69, 9.17) is 4.74 Å². The second-order valence-electron chi connectivity index (χ2n) is 6.54. The van der Waals surface area contributed by atoms with E-state index in [-0.39, 0.29) is 18.5 Å². The van der Waals surface area contributed by atoms with Gasteiger partial charge in [-0.15, -0.1) is 0 Å². The molecule has 1 amide bonds. The zero-order valence-electron chi connectivity index (χ0n) is 16.1. The van der Waals surface area contributed by atoms with Gasteiger partial charge in [0, 0.05) is 12.6 Å². The molecule has 27 heavy (non-hydrogen) atoms. The summed E-state index contributed by atoms with van der Waals surface area (Å²) in [6, 6.07) is 16.3. The van der Waals surface area contributed by atoms with E-state index < -0.39 is 10.0 Å². The maximum atomic E-state index is 13.0. The van der Waals surface area contributed by atoms with Crippen LogP contribution in [0, 0.1) is 0 Å². The molecule has 0 N–H and O–H groups in total. The molecule has 0 aliphatic carbocycles. The predicted octanol–water partition coefficient (Wildman–Crippen LogP) is 2.90. The average molecular weight is 391 g/mol. The lowest BCUT2D eigenvalue weighted by molar-refractivity contribution is -0.131. The highest BCUT2D eigenvalue weighted by molar-refractivity contribution is 7.92. The van der Waals surface area contributed by atoms with Crippen LogP contribution in [0.4, 0.5) is 5.69 Å². The SMILES string of the molecule is COc1ccccc1N(CC(=O)N(Cc1ccccc1)C(C)C)S(C)(=O)=O. The Morgan fingerprint density at radius 2 is 1.63 bits per heavy atom. The lowest BCUT2D eigenvalue weighted by atomic mass is 10.2. The molecule has 0 heterocycles. The Morgan fingerprint density at radius 3 is 2.19 bits per heavy atom. The molecule has 6 nitrogen and oxygen atoms in total. The molecule has 2 aromatic rings. The first-order valence-electron chi connectivity index (χ1n) is 8.68. The maximum absolute atomic E-state index is 13.0. The summed E-state index contributed by atoms with van der Waals surface area (Å²) in [7, 11) is -2.20. The van der Waals surface area contributed by atoms with Crippen molar-refractivity contribution in [3.05, 3.63) is 60.2 Å². The number of amides is 1. The number of methoxy groups -OCH3 is 1. The Kier molecular flexibility index (Phi) is 6.85. The van der Waals surface area contributed by atoms with E-state index in [0.717, 1.165) is 16.1 Å². The first-order chi connectivity index (χ1) is 12.7. The lowest BCUT2D eigenvalue weighted by Gasteiger charge is -2.30. The Morgan fingerprint density at radius 1 is 1.04 bits per heavy atom. The Hall–Kier alpha value is -2.54. The summed E-state index contributed by atoms with van der Waals surface area (Å²) >= 11 is 0. The van der Waals surface area contributed by atoms with Gasteiger partial charge >= 0.3 is 0 Å². The van der Waals surface area contributed by atoms with Gasteiger partial charge in [0.15, 0.2) is 0 Å². The molecule has 0 aliphatic heterocycles. The summed E-state index contributed by atoms with van der Waals surface area (Å²) in [5.41, 5.74) is 1.34. The van der Waals surface area contributed by atoms with E-state index in [9.17, 15) is 13.2 Å². The number of hydrogen-bond acceptors (Lipinski definition) is 4. The number of hydrogen-bond donors (Lipinski definition) is 0. The molecule has 0 atom stereocenters. The molecule has 7 heteroatoms. The van der Waals surface area contributed by atoms with Gasteiger partial charge in [-0.25, -0.2) is 8.42 Å². The molecule has 0 radical (unpaired) electrons. The van der Waals surface area contributed by atoms with Crippen LogP contribution in [-0.4, -0.2) is 45.2 Å². The van der Waals surface area contributed by atoms with E-state index in [2.05, 4.69) is 0 Å². The monoisotopic (exact) mass is 390 g/mol. The van der Waals surface area contributed by atoms with Crippen molar-refractivity contribution in [2.75, 3.05) is 24.2 Å². The third-order valence-corrected chi connectivity index (χ3v) is 5.30. The summed E-state index contributed by atoms with van der Waals surface area (Å²) in [6.45, 7) is 3.95. The molecule has 0 fully saturated rings. The number of benzene rings is 2. The zero-order valence-corrected chi connectivity index (χ0v) is 16.9. The number of carbonyl (C=O) groups is 1. The molecule has 0 bridgehead atoms. The summed E-state index contributed by atoms with van der Waals surface area (Å²) in [6.07, 6.45) is 1.09. The molecule has 2 aromatic carbocycles. The minimum Gasteiger partial charge on any atom is -0.495 e. The van der Waals surface area contributed by atoms with Gasteiger partial charge < -0.3 is 9.64 Å². The van der Waals surface area contributed by atoms with E-state index in [1.54, 1.807) is 29.2 Å². The molecule has 0 saturated carbocycles. The van der Waals surface area contributed by atoms with Crippen molar-refractivity contribution in [3.8, 4) is 5.75 Å². The minimum atomic E-state index is -3.67. The summed E-state index contributed by atoms with van der Waals surface area (Å²) in [5.74, 6) is 0.125. The van der Waals surface area contributed by atoms with E-state index in [1.807, 2.05) is 44.2 Å². The van der Waals surface area contributed by atoms with Crippen molar-refractivity contribution in [2.45, 2.75) is 26.4 Å². The number of ether oxygens (including phenoxy) is 1. The van der Waals surface area contributed by atoms with Crippen molar-refractivity contribution >= 4 is 21.6 Å². The van der Waals surface area contributed by atoms with Gasteiger partial charge in [0.1, 0.15) is 12.3 Å². The van der Waals surface area contributed by atoms with Crippen molar-refractivity contribution in [2.24, 2.45) is 0 Å². The van der Waals surface area contributed by atoms with Crippen LogP contribution in [0.15, 0.2) is 54.6 Å². The highest BCUT2D eigenvalue weighted by Gasteiger charge is 2.27. The highest BCUT2D eigenvalue weighted by atomic mass is 32.2. The van der Waals surface area contributed by atoms with Gasteiger partial charge in [0.2, 0.25) is 15.9 Å². The summed E-state index contributed by atoms with van der Waals surface area (Å²) in [5, 5.41) is 0. The lowest BCUT2D eigenvalue weighted by Crippen LogP contribution is -2.45. The molecule has 2 rings (SSSR count). The maximum Gasteiger partial charge on any atom is 0.243 e. The van der Waals surface area contributed by atoms with Gasteiger partial charge in [0.25, 0.3) is 0 Å². The van der Waals surface area contributed by atoms with Gasteiger partial charge in [0.05, 0.1) is 19.1 Å². The largest absolute Gasteiger partial charge is 0.495 e. The number of sulfonamides is 1. The minimum absolute atomic E-state index is 0.0724. The molecule has 0 aliphatic rings. The summed E-state index contributed by atoms with van der Waals surface area (Å²) in [4.78, 5) is 14.7. The predicted molar refractivity (Wildman–Crippen MR) is 107 cm³/mol. The van der Waals surface area contributed by atoms with Crippen LogP contribution >= 0.6 is 0 Å². The number of nitrogens with zero attached hydrogens (tertiary/aromatic N) is 2. The van der Waals surface area contributed by atoms with E-state index in [0.29, 0.717) is 18.0 Å². The molecular weight excluding hydrogens is 364 g/mol. The van der Waals surface area contributed by atoms with Crippen LogP contribution < -0.4 is 9.04 Å². The Bertz CT molecular complexity index is 867.